The number of nitrogens with one attached hydrogen (secondary N) is 2. The van der Waals surface area contributed by atoms with Crippen LogP contribution in [0.15, 0.2) is 135 Å². The number of hydrogen-bond acceptors (Lipinski definition) is 2. The Bertz CT molecular complexity index is 2730. The summed E-state index contributed by atoms with van der Waals surface area (Å²) in [5.41, 5.74) is 20.7. The van der Waals surface area contributed by atoms with E-state index >= 15 is 0 Å². The minimum atomic E-state index is -0.147. The summed E-state index contributed by atoms with van der Waals surface area (Å²) < 4.78 is 2.45. The average Bonchev–Trinajstić information content (AvgIpc) is 3.73. The topological polar surface area (TPSA) is 40.8 Å². The van der Waals surface area contributed by atoms with Crippen molar-refractivity contribution in [1.82, 2.24) is 9.88 Å². The fourth-order valence-electron chi connectivity index (χ4n) is 9.74. The van der Waals surface area contributed by atoms with Gasteiger partial charge in [0, 0.05) is 27.4 Å². The minimum absolute atomic E-state index is 0.147. The van der Waals surface area contributed by atoms with Gasteiger partial charge in [0.25, 0.3) is 0 Å². The quantitative estimate of drug-likeness (QED) is 0.0696. The second-order valence-corrected chi connectivity index (χ2v) is 15.5. The number of rotatable bonds is 5. The summed E-state index contributed by atoms with van der Waals surface area (Å²) in [5.74, 6) is 0.336. The third-order valence-electron chi connectivity index (χ3n) is 12.2. The summed E-state index contributed by atoms with van der Waals surface area (Å²) in [6.45, 7) is 14.7. The maximum Gasteiger partial charge on any atom is 0.129 e. The average molecular weight is 762 g/mol. The van der Waals surface area contributed by atoms with E-state index in [1.165, 1.54) is 66.4 Å². The molecule has 0 spiro atoms. The summed E-state index contributed by atoms with van der Waals surface area (Å²) in [6.07, 6.45) is 26.1. The van der Waals surface area contributed by atoms with E-state index in [1.807, 2.05) is 0 Å². The number of allylic oxidation sites excluding steroid dienone is 6. The molecule has 3 nitrogen and oxygen atoms in total. The molecule has 284 valence electrons. The number of hydrogen-bond donors (Lipinski definition) is 3. The van der Waals surface area contributed by atoms with E-state index in [4.69, 9.17) is 5.41 Å². The molecule has 0 unspecified atom stereocenters. The van der Waals surface area contributed by atoms with Crippen LogP contribution in [0.3, 0.4) is 0 Å². The van der Waals surface area contributed by atoms with Gasteiger partial charge in [-0.05, 0) is 160 Å². The van der Waals surface area contributed by atoms with Crippen LogP contribution in [0.4, 0.5) is 0 Å². The molecule has 0 amide bonds. The van der Waals surface area contributed by atoms with Crippen molar-refractivity contribution in [1.29, 1.82) is 5.41 Å². The van der Waals surface area contributed by atoms with Crippen LogP contribution in [-0.2, 0) is 18.3 Å². The number of benzene rings is 5. The highest BCUT2D eigenvalue weighted by molar-refractivity contribution is 7.79. The van der Waals surface area contributed by atoms with Crippen molar-refractivity contribution in [2.75, 3.05) is 6.26 Å². The summed E-state index contributed by atoms with van der Waals surface area (Å²) >= 11 is 3.53. The fourth-order valence-corrected chi connectivity index (χ4v) is 9.74. The van der Waals surface area contributed by atoms with Gasteiger partial charge < -0.3 is 9.88 Å². The van der Waals surface area contributed by atoms with Gasteiger partial charge in [0.15, 0.2) is 0 Å². The normalized spacial score (nSPS) is 15.3. The van der Waals surface area contributed by atoms with Gasteiger partial charge in [-0.1, -0.05) is 99.3 Å². The van der Waals surface area contributed by atoms with Crippen molar-refractivity contribution in [2.24, 2.45) is 0 Å². The first-order chi connectivity index (χ1) is 27.9. The Morgan fingerprint density at radius 3 is 2.11 bits per heavy atom. The maximum absolute atomic E-state index is 8.96. The van der Waals surface area contributed by atoms with Gasteiger partial charge in [0.1, 0.15) is 5.84 Å². The maximum atomic E-state index is 8.96. The molecule has 0 saturated carbocycles. The van der Waals surface area contributed by atoms with Crippen molar-refractivity contribution in [2.45, 2.75) is 57.8 Å². The Labute approximate surface area is 343 Å². The number of thiol groups is 1. The molecule has 0 aliphatic heterocycles. The molecule has 0 atom stereocenters. The highest BCUT2D eigenvalue weighted by Crippen LogP contribution is 2.56. The van der Waals surface area contributed by atoms with Crippen molar-refractivity contribution >= 4 is 58.1 Å². The van der Waals surface area contributed by atoms with E-state index < -0.39 is 0 Å². The third kappa shape index (κ3) is 6.28. The summed E-state index contributed by atoms with van der Waals surface area (Å²) in [5, 5.41) is 14.5. The zero-order valence-electron chi connectivity index (χ0n) is 33.4. The minimum Gasteiger partial charge on any atom is -0.347 e. The van der Waals surface area contributed by atoms with Crippen LogP contribution in [0.25, 0.3) is 73.0 Å². The first-order valence-corrected chi connectivity index (χ1v) is 21.0. The molecule has 4 heteroatoms. The standard InChI is InChI=1S/C50H43N3.C2H4.CH4S/c1-4-52-49(51)35-27-33(26-34(28-35)32-22-24-40-39-18-12-13-21-45(39)53(46(40)30-32)36-14-6-5-7-15-36)31-23-25-43-44(29-31)50(2,3)48-42-20-11-9-17-38(42)37-16-8-10-19-41(37)47(43)48;2*1-2/h4-6,10-14,18-30H,1,7-9,15-17H2,2-3H3,(H2,51,52);1-2H2;2H,1H3. The van der Waals surface area contributed by atoms with Crippen LogP contribution in [0.2, 0.25) is 0 Å². The first-order valence-electron chi connectivity index (χ1n) is 20.1. The van der Waals surface area contributed by atoms with Gasteiger partial charge in [-0.15, -0.1) is 13.2 Å². The molecule has 0 saturated heterocycles. The summed E-state index contributed by atoms with van der Waals surface area (Å²) in [7, 11) is 0. The van der Waals surface area contributed by atoms with Gasteiger partial charge in [-0.2, -0.15) is 12.6 Å². The Morgan fingerprint density at radius 2 is 1.39 bits per heavy atom. The molecule has 0 bridgehead atoms. The van der Waals surface area contributed by atoms with E-state index in [-0.39, 0.29) is 5.41 Å². The lowest BCUT2D eigenvalue weighted by Gasteiger charge is -2.30. The largest absolute Gasteiger partial charge is 0.347 e. The molecule has 4 aliphatic carbocycles. The Balaban J connectivity index is 0.00000110. The molecule has 0 fully saturated rings. The van der Waals surface area contributed by atoms with Crippen LogP contribution in [0.5, 0.6) is 0 Å². The van der Waals surface area contributed by atoms with Gasteiger partial charge in [0.05, 0.1) is 11.0 Å². The summed E-state index contributed by atoms with van der Waals surface area (Å²) in [6, 6.07) is 29.3. The molecule has 4 aliphatic rings. The zero-order chi connectivity index (χ0) is 39.8. The zero-order valence-corrected chi connectivity index (χ0v) is 34.3. The molecule has 1 aromatic heterocycles. The lowest BCUT2D eigenvalue weighted by Crippen LogP contribution is -2.19. The molecule has 0 radical (unpaired) electrons. The molecular formula is C53H51N3S. The van der Waals surface area contributed by atoms with E-state index in [0.29, 0.717) is 5.84 Å². The molecule has 10 rings (SSSR count). The molecule has 1 heterocycles. The van der Waals surface area contributed by atoms with Gasteiger partial charge >= 0.3 is 0 Å². The van der Waals surface area contributed by atoms with E-state index in [0.717, 1.165) is 60.8 Å². The van der Waals surface area contributed by atoms with Crippen LogP contribution in [-0.4, -0.2) is 16.7 Å². The summed E-state index contributed by atoms with van der Waals surface area (Å²) in [4.78, 5) is 0. The van der Waals surface area contributed by atoms with Crippen LogP contribution in [0.1, 0.15) is 78.5 Å². The van der Waals surface area contributed by atoms with Crippen molar-refractivity contribution in [3.63, 3.8) is 0 Å². The van der Waals surface area contributed by atoms with E-state index in [9.17, 15) is 0 Å². The number of nitrogens with zero attached hydrogens (tertiary/aromatic N) is 1. The SMILES string of the molecule is C=C.C=CNC(=N)c1cc(-c2ccc3c(c2)C(C)(C)c2c4c(c5c(c2-3)C=CCC5)CCC=C4)cc(-c2ccc3c4ccccc4n(C4=CC=CCC4)c3c2)c1.CS. The van der Waals surface area contributed by atoms with E-state index in [1.54, 1.807) is 23.6 Å². The number of aromatic nitrogens is 1. The monoisotopic (exact) mass is 761 g/mol. The highest BCUT2D eigenvalue weighted by Gasteiger charge is 2.41. The van der Waals surface area contributed by atoms with Crippen molar-refractivity contribution in [3.8, 4) is 33.4 Å². The van der Waals surface area contributed by atoms with Crippen LogP contribution >= 0.6 is 12.6 Å². The lowest BCUT2D eigenvalue weighted by atomic mass is 9.74. The Hall–Kier alpha value is -5.84. The van der Waals surface area contributed by atoms with Gasteiger partial charge in [-0.3, -0.25) is 5.41 Å². The van der Waals surface area contributed by atoms with Crippen molar-refractivity contribution in [3.05, 3.63) is 174 Å². The second kappa shape index (κ2) is 15.6. The highest BCUT2D eigenvalue weighted by atomic mass is 32.1. The smallest absolute Gasteiger partial charge is 0.129 e. The lowest BCUT2D eigenvalue weighted by molar-refractivity contribution is 0.656. The van der Waals surface area contributed by atoms with E-state index in [2.05, 4.69) is 177 Å². The fraction of sp³-hybridized carbons (Fsp3) is 0.189. The number of para-hydroxylation sites is 1. The number of amidine groups is 1. The molecule has 6 aromatic rings. The Kier molecular flexibility index (Phi) is 10.4. The number of fused-ring (bicyclic) bond motifs is 11. The third-order valence-corrected chi connectivity index (χ3v) is 12.2. The van der Waals surface area contributed by atoms with Crippen LogP contribution in [0, 0.1) is 5.41 Å². The second-order valence-electron chi connectivity index (χ2n) is 15.5. The molecule has 5 aromatic carbocycles. The molecule has 2 N–H and O–H groups in total. The molecular weight excluding hydrogens is 711 g/mol. The van der Waals surface area contributed by atoms with Crippen LogP contribution < -0.4 is 5.32 Å². The van der Waals surface area contributed by atoms with Crippen molar-refractivity contribution < 1.29 is 0 Å². The molecule has 57 heavy (non-hydrogen) atoms. The Morgan fingerprint density at radius 1 is 0.737 bits per heavy atom. The predicted molar refractivity (Wildman–Crippen MR) is 252 cm³/mol. The van der Waals surface area contributed by atoms with Gasteiger partial charge in [0.2, 0.25) is 0 Å². The van der Waals surface area contributed by atoms with Gasteiger partial charge in [-0.25, -0.2) is 0 Å². The predicted octanol–water partition coefficient (Wildman–Crippen LogP) is 14.0. The first kappa shape index (κ1) is 38.1.